The van der Waals surface area contributed by atoms with Crippen LogP contribution in [0.1, 0.15) is 16.8 Å². The third-order valence-corrected chi connectivity index (χ3v) is 4.89. The molecule has 1 saturated heterocycles. The Morgan fingerprint density at radius 2 is 2.14 bits per heavy atom. The minimum atomic E-state index is -1.16. The van der Waals surface area contributed by atoms with Crippen LogP contribution in [0.2, 0.25) is 0 Å². The van der Waals surface area contributed by atoms with Crippen LogP contribution >= 0.6 is 0 Å². The van der Waals surface area contributed by atoms with Crippen LogP contribution in [0.5, 0.6) is 0 Å². The molecule has 1 fully saturated rings. The van der Waals surface area contributed by atoms with Crippen LogP contribution in [0, 0.1) is 11.6 Å². The molecular formula is C19H19F3N6O. The van der Waals surface area contributed by atoms with Gasteiger partial charge in [-0.15, -0.1) is 0 Å². The number of alkyl halides is 1. The second-order valence-corrected chi connectivity index (χ2v) is 6.78. The van der Waals surface area contributed by atoms with E-state index in [4.69, 9.17) is 0 Å². The van der Waals surface area contributed by atoms with Crippen LogP contribution < -0.4 is 16.0 Å². The summed E-state index contributed by atoms with van der Waals surface area (Å²) in [5.74, 6) is -2.28. The standard InChI is InChI=1S/C19H19F3N6O/c1-23-19(29)10-3-5-28-15(9-25-16(28)6-10)17-12(21)7-13(22)18(27-17)26-14-8-24-4-2-11(14)20/h3,5-7,9,11,14,24H,2,4,8H2,1H3,(H,23,29)(H,26,27)/t11-,14-/m1/s1. The molecule has 7 nitrogen and oxygen atoms in total. The van der Waals surface area contributed by atoms with Gasteiger partial charge in [-0.25, -0.2) is 23.1 Å². The molecular weight excluding hydrogens is 385 g/mol. The molecule has 3 aromatic heterocycles. The second-order valence-electron chi connectivity index (χ2n) is 6.78. The van der Waals surface area contributed by atoms with Crippen molar-refractivity contribution in [3.8, 4) is 11.4 Å². The number of hydrogen-bond donors (Lipinski definition) is 3. The van der Waals surface area contributed by atoms with E-state index >= 15 is 0 Å². The number of aromatic nitrogens is 3. The van der Waals surface area contributed by atoms with Crippen LogP contribution in [0.15, 0.2) is 30.6 Å². The van der Waals surface area contributed by atoms with Crippen molar-refractivity contribution in [1.29, 1.82) is 0 Å². The summed E-state index contributed by atoms with van der Waals surface area (Å²) >= 11 is 0. The topological polar surface area (TPSA) is 83.4 Å². The molecule has 0 spiro atoms. The van der Waals surface area contributed by atoms with Gasteiger partial charge >= 0.3 is 0 Å². The molecule has 1 aliphatic rings. The van der Waals surface area contributed by atoms with Gasteiger partial charge in [-0.2, -0.15) is 0 Å². The van der Waals surface area contributed by atoms with E-state index in [0.29, 0.717) is 36.8 Å². The number of piperidine rings is 1. The number of nitrogens with one attached hydrogen (secondary N) is 3. The van der Waals surface area contributed by atoms with Crippen molar-refractivity contribution in [2.75, 3.05) is 25.5 Å². The highest BCUT2D eigenvalue weighted by Crippen LogP contribution is 2.27. The number of rotatable bonds is 4. The lowest BCUT2D eigenvalue weighted by atomic mass is 10.1. The molecule has 4 rings (SSSR count). The number of halogens is 3. The number of anilines is 1. The normalized spacial score (nSPS) is 19.3. The van der Waals surface area contributed by atoms with Crippen LogP contribution in [0.3, 0.4) is 0 Å². The van der Waals surface area contributed by atoms with Gasteiger partial charge in [0.05, 0.1) is 17.9 Å². The Hall–Kier alpha value is -3.14. The van der Waals surface area contributed by atoms with Gasteiger partial charge in [0.15, 0.2) is 17.5 Å². The summed E-state index contributed by atoms with van der Waals surface area (Å²) in [5, 5.41) is 8.28. The molecule has 4 heterocycles. The minimum absolute atomic E-state index is 0.131. The van der Waals surface area contributed by atoms with E-state index in [2.05, 4.69) is 25.9 Å². The number of carbonyl (C=O) groups is 1. The third kappa shape index (κ3) is 3.63. The minimum Gasteiger partial charge on any atom is -0.361 e. The number of carbonyl (C=O) groups excluding carboxylic acids is 1. The van der Waals surface area contributed by atoms with Gasteiger partial charge in [0, 0.05) is 31.4 Å². The number of hydrogen-bond acceptors (Lipinski definition) is 5. The van der Waals surface area contributed by atoms with Crippen molar-refractivity contribution in [2.45, 2.75) is 18.6 Å². The van der Waals surface area contributed by atoms with Gasteiger partial charge in [0.2, 0.25) is 0 Å². The number of amides is 1. The average Bonchev–Trinajstić information content (AvgIpc) is 3.14. The SMILES string of the molecule is CNC(=O)c1ccn2c(-c3nc(N[C@@H]4CNCC[C@H]4F)c(F)cc3F)cnc2c1. The smallest absolute Gasteiger partial charge is 0.251 e. The lowest BCUT2D eigenvalue weighted by Crippen LogP contribution is -2.46. The summed E-state index contributed by atoms with van der Waals surface area (Å²) in [6.45, 7) is 0.858. The fraction of sp³-hybridized carbons (Fsp3) is 0.316. The van der Waals surface area contributed by atoms with Gasteiger partial charge in [-0.05, 0) is 25.1 Å². The van der Waals surface area contributed by atoms with E-state index in [0.717, 1.165) is 0 Å². The lowest BCUT2D eigenvalue weighted by Gasteiger charge is -2.28. The van der Waals surface area contributed by atoms with E-state index in [9.17, 15) is 18.0 Å². The highest BCUT2D eigenvalue weighted by atomic mass is 19.1. The molecule has 29 heavy (non-hydrogen) atoms. The van der Waals surface area contributed by atoms with E-state index in [-0.39, 0.29) is 23.1 Å². The van der Waals surface area contributed by atoms with Gasteiger partial charge < -0.3 is 16.0 Å². The molecule has 0 bridgehead atoms. The zero-order chi connectivity index (χ0) is 20.5. The molecule has 2 atom stereocenters. The van der Waals surface area contributed by atoms with Crippen molar-refractivity contribution in [1.82, 2.24) is 25.0 Å². The fourth-order valence-electron chi connectivity index (χ4n) is 3.33. The molecule has 1 aliphatic heterocycles. The Morgan fingerprint density at radius 3 is 2.90 bits per heavy atom. The van der Waals surface area contributed by atoms with E-state index < -0.39 is 23.8 Å². The van der Waals surface area contributed by atoms with Crippen LogP contribution in [0.25, 0.3) is 17.0 Å². The zero-order valence-electron chi connectivity index (χ0n) is 15.5. The van der Waals surface area contributed by atoms with Gasteiger partial charge in [0.25, 0.3) is 5.91 Å². The summed E-state index contributed by atoms with van der Waals surface area (Å²) in [6.07, 6.45) is 2.08. The van der Waals surface area contributed by atoms with Crippen molar-refractivity contribution < 1.29 is 18.0 Å². The first-order valence-corrected chi connectivity index (χ1v) is 9.15. The maximum Gasteiger partial charge on any atom is 0.251 e. The van der Waals surface area contributed by atoms with Crippen molar-refractivity contribution in [2.24, 2.45) is 0 Å². The molecule has 10 heteroatoms. The quantitative estimate of drug-likeness (QED) is 0.621. The molecule has 0 aromatic carbocycles. The average molecular weight is 404 g/mol. The zero-order valence-corrected chi connectivity index (χ0v) is 15.5. The monoisotopic (exact) mass is 404 g/mol. The predicted octanol–water partition coefficient (Wildman–Crippen LogP) is 2.15. The Morgan fingerprint density at radius 1 is 1.31 bits per heavy atom. The Bertz CT molecular complexity index is 1070. The largest absolute Gasteiger partial charge is 0.361 e. The first-order valence-electron chi connectivity index (χ1n) is 9.15. The van der Waals surface area contributed by atoms with Crippen LogP contribution in [0.4, 0.5) is 19.0 Å². The van der Waals surface area contributed by atoms with Crippen LogP contribution in [-0.4, -0.2) is 52.6 Å². The van der Waals surface area contributed by atoms with Crippen molar-refractivity contribution in [3.05, 3.63) is 47.8 Å². The maximum absolute atomic E-state index is 14.5. The van der Waals surface area contributed by atoms with E-state index in [1.165, 1.54) is 13.2 Å². The third-order valence-electron chi connectivity index (χ3n) is 4.89. The van der Waals surface area contributed by atoms with Gasteiger partial charge in [-0.1, -0.05) is 0 Å². The van der Waals surface area contributed by atoms with Crippen LogP contribution in [-0.2, 0) is 0 Å². The number of nitrogens with zero attached hydrogens (tertiary/aromatic N) is 3. The lowest BCUT2D eigenvalue weighted by molar-refractivity contribution is 0.0963. The second kappa shape index (κ2) is 7.70. The summed E-state index contributed by atoms with van der Waals surface area (Å²) in [7, 11) is 1.51. The molecule has 3 aromatic rings. The molecule has 0 saturated carbocycles. The van der Waals surface area contributed by atoms with Crippen molar-refractivity contribution >= 4 is 17.4 Å². The first kappa shape index (κ1) is 19.2. The fourth-order valence-corrected chi connectivity index (χ4v) is 3.33. The number of imidazole rings is 1. The highest BCUT2D eigenvalue weighted by molar-refractivity contribution is 5.94. The Balaban J connectivity index is 1.72. The number of fused-ring (bicyclic) bond motifs is 1. The molecule has 0 radical (unpaired) electrons. The predicted molar refractivity (Wildman–Crippen MR) is 102 cm³/mol. The molecule has 0 aliphatic carbocycles. The van der Waals surface area contributed by atoms with Gasteiger partial charge in [0.1, 0.15) is 17.5 Å². The summed E-state index contributed by atoms with van der Waals surface area (Å²) in [6, 6.07) is 3.15. The van der Waals surface area contributed by atoms with E-state index in [1.54, 1.807) is 22.7 Å². The molecule has 152 valence electrons. The summed E-state index contributed by atoms with van der Waals surface area (Å²) in [5.41, 5.74) is 0.947. The molecule has 3 N–H and O–H groups in total. The summed E-state index contributed by atoms with van der Waals surface area (Å²) in [4.78, 5) is 20.0. The molecule has 1 amide bonds. The van der Waals surface area contributed by atoms with E-state index in [1.807, 2.05) is 0 Å². The number of pyridine rings is 2. The Kier molecular flexibility index (Phi) is 5.10. The molecule has 0 unspecified atom stereocenters. The van der Waals surface area contributed by atoms with Gasteiger partial charge in [-0.3, -0.25) is 9.20 Å². The maximum atomic E-state index is 14.5. The summed E-state index contributed by atoms with van der Waals surface area (Å²) < 4.78 is 44.4. The highest BCUT2D eigenvalue weighted by Gasteiger charge is 2.26. The Labute approximate surface area is 164 Å². The van der Waals surface area contributed by atoms with Crippen molar-refractivity contribution in [3.63, 3.8) is 0 Å². The first-order chi connectivity index (χ1) is 14.0.